The van der Waals surface area contributed by atoms with E-state index >= 15 is 0 Å². The van der Waals surface area contributed by atoms with Crippen LogP contribution in [-0.2, 0) is 9.53 Å². The van der Waals surface area contributed by atoms with Crippen LogP contribution in [0, 0.1) is 5.82 Å². The molecule has 2 nitrogen and oxygen atoms in total. The Bertz CT molecular complexity index is 407. The molecule has 0 aliphatic rings. The van der Waals surface area contributed by atoms with Gasteiger partial charge in [-0.3, -0.25) is 0 Å². The number of rotatable bonds is 3. The highest BCUT2D eigenvalue weighted by molar-refractivity contribution is 6.35. The van der Waals surface area contributed by atoms with Gasteiger partial charge in [0.05, 0.1) is 16.7 Å². The summed E-state index contributed by atoms with van der Waals surface area (Å²) in [6.07, 6.45) is 2.68. The lowest BCUT2D eigenvalue weighted by Gasteiger charge is -2.00. The number of benzene rings is 1. The summed E-state index contributed by atoms with van der Waals surface area (Å²) in [5.41, 5.74) is 0.532. The molecule has 0 radical (unpaired) electrons. The van der Waals surface area contributed by atoms with Crippen LogP contribution in [0.2, 0.25) is 10.0 Å². The van der Waals surface area contributed by atoms with Crippen LogP contribution in [0.1, 0.15) is 12.5 Å². The topological polar surface area (TPSA) is 26.3 Å². The van der Waals surface area contributed by atoms with Crippen LogP contribution in [0.4, 0.5) is 4.39 Å². The van der Waals surface area contributed by atoms with Crippen LogP contribution in [0.15, 0.2) is 18.2 Å². The van der Waals surface area contributed by atoms with Crippen molar-refractivity contribution in [2.45, 2.75) is 6.92 Å². The fourth-order valence-corrected chi connectivity index (χ4v) is 1.53. The van der Waals surface area contributed by atoms with Gasteiger partial charge in [-0.1, -0.05) is 23.2 Å². The second kappa shape index (κ2) is 5.87. The SMILES string of the molecule is CCOC(=O)C=Cc1cc(Cl)c(F)c(Cl)c1. The minimum absolute atomic E-state index is 0.0870. The van der Waals surface area contributed by atoms with Crippen molar-refractivity contribution < 1.29 is 13.9 Å². The number of esters is 1. The molecule has 5 heteroatoms. The molecule has 1 aromatic rings. The number of halogens is 3. The van der Waals surface area contributed by atoms with E-state index in [-0.39, 0.29) is 10.0 Å². The smallest absolute Gasteiger partial charge is 0.330 e. The second-order valence-corrected chi connectivity index (χ2v) is 3.70. The Hall–Kier alpha value is -1.06. The molecule has 0 amide bonds. The predicted octanol–water partition coefficient (Wildman–Crippen LogP) is 3.71. The number of carbonyl (C=O) groups excluding carboxylic acids is 1. The fourth-order valence-electron chi connectivity index (χ4n) is 1.03. The molecule has 0 saturated carbocycles. The molecule has 0 heterocycles. The summed E-state index contributed by atoms with van der Waals surface area (Å²) in [5, 5.41) is -0.174. The predicted molar refractivity (Wildman–Crippen MR) is 62.1 cm³/mol. The standard InChI is InChI=1S/C11H9Cl2FO2/c1-2-16-10(15)4-3-7-5-8(12)11(14)9(13)6-7/h3-6H,2H2,1H3. The van der Waals surface area contributed by atoms with Crippen LogP contribution < -0.4 is 0 Å². The quantitative estimate of drug-likeness (QED) is 0.472. The number of hydrogen-bond donors (Lipinski definition) is 0. The van der Waals surface area contributed by atoms with E-state index < -0.39 is 11.8 Å². The lowest BCUT2D eigenvalue weighted by atomic mass is 10.2. The highest BCUT2D eigenvalue weighted by Gasteiger charge is 2.06. The Morgan fingerprint density at radius 2 is 2.00 bits per heavy atom. The van der Waals surface area contributed by atoms with Crippen molar-refractivity contribution in [1.29, 1.82) is 0 Å². The molecule has 0 unspecified atom stereocenters. The van der Waals surface area contributed by atoms with Crippen molar-refractivity contribution in [3.63, 3.8) is 0 Å². The minimum Gasteiger partial charge on any atom is -0.463 e. The summed E-state index contributed by atoms with van der Waals surface area (Å²) in [6, 6.07) is 2.75. The molecule has 0 N–H and O–H groups in total. The molecule has 0 fully saturated rings. The maximum atomic E-state index is 13.1. The molecule has 0 bridgehead atoms. The van der Waals surface area contributed by atoms with Crippen molar-refractivity contribution in [1.82, 2.24) is 0 Å². The van der Waals surface area contributed by atoms with Gasteiger partial charge in [0.1, 0.15) is 0 Å². The van der Waals surface area contributed by atoms with E-state index in [0.717, 1.165) is 0 Å². The third kappa shape index (κ3) is 3.51. The summed E-state index contributed by atoms with van der Waals surface area (Å²) < 4.78 is 17.7. The first-order chi connectivity index (χ1) is 7.54. The molecule has 0 atom stereocenters. The number of hydrogen-bond acceptors (Lipinski definition) is 2. The highest BCUT2D eigenvalue weighted by atomic mass is 35.5. The van der Waals surface area contributed by atoms with Gasteiger partial charge in [-0.2, -0.15) is 0 Å². The minimum atomic E-state index is -0.670. The summed E-state index contributed by atoms with van der Waals surface area (Å²) in [7, 11) is 0. The lowest BCUT2D eigenvalue weighted by Crippen LogP contribution is -1.98. The molecule has 1 aromatic carbocycles. The van der Waals surface area contributed by atoms with Gasteiger partial charge < -0.3 is 4.74 Å². The fraction of sp³-hybridized carbons (Fsp3) is 0.182. The average molecular weight is 263 g/mol. The molecule has 1 rings (SSSR count). The molecule has 0 spiro atoms. The highest BCUT2D eigenvalue weighted by Crippen LogP contribution is 2.25. The number of ether oxygens (including phenoxy) is 1. The lowest BCUT2D eigenvalue weighted by molar-refractivity contribution is -0.137. The van der Waals surface area contributed by atoms with Gasteiger partial charge in [0.25, 0.3) is 0 Å². The van der Waals surface area contributed by atoms with Gasteiger partial charge in [0.15, 0.2) is 5.82 Å². The van der Waals surface area contributed by atoms with Gasteiger partial charge in [-0.05, 0) is 30.7 Å². The van der Waals surface area contributed by atoms with Crippen molar-refractivity contribution in [3.05, 3.63) is 39.6 Å². The van der Waals surface area contributed by atoms with Crippen molar-refractivity contribution >= 4 is 35.2 Å². The Balaban J connectivity index is 2.86. The average Bonchev–Trinajstić information content (AvgIpc) is 2.23. The van der Waals surface area contributed by atoms with Crippen LogP contribution >= 0.6 is 23.2 Å². The van der Waals surface area contributed by atoms with Gasteiger partial charge in [0, 0.05) is 6.08 Å². The van der Waals surface area contributed by atoms with Crippen molar-refractivity contribution in [2.75, 3.05) is 6.61 Å². The first-order valence-corrected chi connectivity index (χ1v) is 5.29. The first-order valence-electron chi connectivity index (χ1n) is 4.54. The third-order valence-electron chi connectivity index (χ3n) is 1.70. The molecule has 0 aliphatic carbocycles. The monoisotopic (exact) mass is 262 g/mol. The third-order valence-corrected chi connectivity index (χ3v) is 2.25. The summed E-state index contributed by atoms with van der Waals surface area (Å²) in [4.78, 5) is 11.0. The van der Waals surface area contributed by atoms with Gasteiger partial charge in [-0.25, -0.2) is 9.18 Å². The van der Waals surface area contributed by atoms with Crippen molar-refractivity contribution in [2.24, 2.45) is 0 Å². The molecule has 0 aromatic heterocycles. The molecule has 0 saturated heterocycles. The van der Waals surface area contributed by atoms with Gasteiger partial charge >= 0.3 is 5.97 Å². The zero-order valence-electron chi connectivity index (χ0n) is 8.47. The second-order valence-electron chi connectivity index (χ2n) is 2.88. The largest absolute Gasteiger partial charge is 0.463 e. The Kier molecular flexibility index (Phi) is 4.77. The summed E-state index contributed by atoms with van der Waals surface area (Å²) >= 11 is 11.2. The summed E-state index contributed by atoms with van der Waals surface area (Å²) in [6.45, 7) is 2.01. The van der Waals surface area contributed by atoms with E-state index in [1.165, 1.54) is 24.3 Å². The maximum absolute atomic E-state index is 13.1. The molecule has 0 aliphatic heterocycles. The van der Waals surface area contributed by atoms with E-state index in [0.29, 0.717) is 12.2 Å². The van der Waals surface area contributed by atoms with E-state index in [1.54, 1.807) is 6.92 Å². The summed E-state index contributed by atoms with van der Waals surface area (Å²) in [5.74, 6) is -1.14. The van der Waals surface area contributed by atoms with Crippen LogP contribution in [0.5, 0.6) is 0 Å². The molecular weight excluding hydrogens is 254 g/mol. The Labute approximate surface area is 103 Å². The zero-order valence-corrected chi connectivity index (χ0v) is 9.98. The molecule has 16 heavy (non-hydrogen) atoms. The number of carbonyl (C=O) groups is 1. The van der Waals surface area contributed by atoms with E-state index in [4.69, 9.17) is 23.2 Å². The van der Waals surface area contributed by atoms with Crippen LogP contribution in [-0.4, -0.2) is 12.6 Å². The maximum Gasteiger partial charge on any atom is 0.330 e. The first kappa shape index (κ1) is 13.0. The molecule has 86 valence electrons. The Morgan fingerprint density at radius 3 is 2.50 bits per heavy atom. The van der Waals surface area contributed by atoms with E-state index in [9.17, 15) is 9.18 Å². The Morgan fingerprint density at radius 1 is 1.44 bits per heavy atom. The van der Waals surface area contributed by atoms with Crippen LogP contribution in [0.25, 0.3) is 6.08 Å². The van der Waals surface area contributed by atoms with Gasteiger partial charge in [-0.15, -0.1) is 0 Å². The van der Waals surface area contributed by atoms with E-state index in [1.807, 2.05) is 0 Å². The zero-order chi connectivity index (χ0) is 12.1. The normalized spacial score (nSPS) is 10.8. The molecular formula is C11H9Cl2FO2. The van der Waals surface area contributed by atoms with Gasteiger partial charge in [0.2, 0.25) is 0 Å². The van der Waals surface area contributed by atoms with Crippen molar-refractivity contribution in [3.8, 4) is 0 Å². The van der Waals surface area contributed by atoms with Crippen LogP contribution in [0.3, 0.4) is 0 Å². The van der Waals surface area contributed by atoms with E-state index in [2.05, 4.69) is 4.74 Å².